The number of nitrogens with zero attached hydrogens (tertiary/aromatic N) is 1. The molecule has 1 aromatic carbocycles. The number of halogens is 2. The minimum Gasteiger partial charge on any atom is -0.486 e. The SMILES string of the molecule is Cc1ccc(OCc2nc(CC(=O)NCC(C)(C)N)cs2)cc1.Cl.Cl. The van der Waals surface area contributed by atoms with E-state index in [1.807, 2.05) is 50.4 Å². The monoisotopic (exact) mass is 405 g/mol. The summed E-state index contributed by atoms with van der Waals surface area (Å²) in [5.41, 5.74) is 7.38. The maximum Gasteiger partial charge on any atom is 0.226 e. The first-order chi connectivity index (χ1) is 10.8. The molecule has 1 aromatic heterocycles. The average molecular weight is 406 g/mol. The van der Waals surface area contributed by atoms with E-state index in [9.17, 15) is 4.79 Å². The van der Waals surface area contributed by atoms with Gasteiger partial charge in [0.05, 0.1) is 12.1 Å². The lowest BCUT2D eigenvalue weighted by Crippen LogP contribution is -2.45. The van der Waals surface area contributed by atoms with Gasteiger partial charge in [0.25, 0.3) is 0 Å². The third kappa shape index (κ3) is 9.07. The summed E-state index contributed by atoms with van der Waals surface area (Å²) in [4.78, 5) is 16.3. The van der Waals surface area contributed by atoms with Crippen LogP contribution in [0.25, 0.3) is 0 Å². The summed E-state index contributed by atoms with van der Waals surface area (Å²) in [6.45, 7) is 6.63. The van der Waals surface area contributed by atoms with Crippen LogP contribution in [-0.2, 0) is 17.8 Å². The normalized spacial score (nSPS) is 10.4. The number of amides is 1. The van der Waals surface area contributed by atoms with E-state index in [4.69, 9.17) is 10.5 Å². The molecular formula is C17H25Cl2N3O2S. The van der Waals surface area contributed by atoms with Crippen molar-refractivity contribution in [3.63, 3.8) is 0 Å². The molecule has 0 aliphatic heterocycles. The summed E-state index contributed by atoms with van der Waals surface area (Å²) < 4.78 is 5.69. The number of carbonyl (C=O) groups is 1. The summed E-state index contributed by atoms with van der Waals surface area (Å²) in [5.74, 6) is 0.745. The van der Waals surface area contributed by atoms with Gasteiger partial charge in [-0.3, -0.25) is 4.79 Å². The molecule has 25 heavy (non-hydrogen) atoms. The number of ether oxygens (including phenoxy) is 1. The molecule has 0 atom stereocenters. The topological polar surface area (TPSA) is 77.2 Å². The Balaban J connectivity index is 0.00000288. The van der Waals surface area contributed by atoms with E-state index in [1.54, 1.807) is 0 Å². The van der Waals surface area contributed by atoms with Crippen LogP contribution in [0.4, 0.5) is 0 Å². The van der Waals surface area contributed by atoms with E-state index in [2.05, 4.69) is 10.3 Å². The van der Waals surface area contributed by atoms with Crippen molar-refractivity contribution in [2.75, 3.05) is 6.54 Å². The zero-order valence-electron chi connectivity index (χ0n) is 14.6. The van der Waals surface area contributed by atoms with E-state index in [1.165, 1.54) is 16.9 Å². The summed E-state index contributed by atoms with van der Waals surface area (Å²) in [5, 5.41) is 5.56. The van der Waals surface area contributed by atoms with Gasteiger partial charge in [0.1, 0.15) is 17.4 Å². The number of aryl methyl sites for hydroxylation is 1. The van der Waals surface area contributed by atoms with E-state index >= 15 is 0 Å². The van der Waals surface area contributed by atoms with Gasteiger partial charge in [0.2, 0.25) is 5.91 Å². The second-order valence-corrected chi connectivity index (χ2v) is 7.22. The number of carbonyl (C=O) groups excluding carboxylic acids is 1. The van der Waals surface area contributed by atoms with Crippen LogP contribution in [0.1, 0.15) is 30.1 Å². The van der Waals surface area contributed by atoms with Gasteiger partial charge in [0.15, 0.2) is 0 Å². The van der Waals surface area contributed by atoms with Crippen LogP contribution in [0.5, 0.6) is 5.75 Å². The van der Waals surface area contributed by atoms with Gasteiger partial charge >= 0.3 is 0 Å². The molecule has 2 rings (SSSR count). The Hall–Kier alpha value is -1.34. The number of nitrogens with one attached hydrogen (secondary N) is 1. The van der Waals surface area contributed by atoms with Gasteiger partial charge in [-0.15, -0.1) is 36.2 Å². The highest BCUT2D eigenvalue weighted by atomic mass is 35.5. The molecule has 8 heteroatoms. The van der Waals surface area contributed by atoms with Crippen LogP contribution in [-0.4, -0.2) is 23.0 Å². The van der Waals surface area contributed by atoms with Crippen molar-refractivity contribution in [1.29, 1.82) is 0 Å². The Morgan fingerprint density at radius 2 is 1.92 bits per heavy atom. The summed E-state index contributed by atoms with van der Waals surface area (Å²) in [7, 11) is 0. The quantitative estimate of drug-likeness (QED) is 0.740. The molecule has 2 aromatic rings. The predicted molar refractivity (Wildman–Crippen MR) is 107 cm³/mol. The third-order valence-corrected chi connectivity index (χ3v) is 3.94. The molecule has 0 fully saturated rings. The highest BCUT2D eigenvalue weighted by Gasteiger charge is 2.13. The number of rotatable bonds is 7. The number of benzene rings is 1. The number of thiazole rings is 1. The molecule has 0 unspecified atom stereocenters. The number of hydrogen-bond acceptors (Lipinski definition) is 5. The average Bonchev–Trinajstić information content (AvgIpc) is 2.91. The lowest BCUT2D eigenvalue weighted by molar-refractivity contribution is -0.120. The molecule has 0 saturated heterocycles. The first-order valence-electron chi connectivity index (χ1n) is 7.50. The van der Waals surface area contributed by atoms with Gasteiger partial charge in [-0.2, -0.15) is 0 Å². The fourth-order valence-electron chi connectivity index (χ4n) is 1.83. The first kappa shape index (κ1) is 23.7. The largest absolute Gasteiger partial charge is 0.486 e. The van der Waals surface area contributed by atoms with Crippen LogP contribution >= 0.6 is 36.2 Å². The van der Waals surface area contributed by atoms with Crippen LogP contribution in [0.15, 0.2) is 29.6 Å². The molecule has 5 nitrogen and oxygen atoms in total. The molecule has 140 valence electrons. The van der Waals surface area contributed by atoms with Gasteiger partial charge < -0.3 is 15.8 Å². The third-order valence-electron chi connectivity index (χ3n) is 3.07. The molecule has 0 aliphatic carbocycles. The van der Waals surface area contributed by atoms with Crippen molar-refractivity contribution in [2.24, 2.45) is 5.73 Å². The fourth-order valence-corrected chi connectivity index (χ4v) is 2.53. The molecule has 3 N–H and O–H groups in total. The Labute approximate surface area is 165 Å². The molecular weight excluding hydrogens is 381 g/mol. The minimum atomic E-state index is -0.412. The van der Waals surface area contributed by atoms with E-state index in [0.29, 0.717) is 13.2 Å². The van der Waals surface area contributed by atoms with Crippen LogP contribution in [0.3, 0.4) is 0 Å². The van der Waals surface area contributed by atoms with Gasteiger partial charge in [-0.1, -0.05) is 17.7 Å². The van der Waals surface area contributed by atoms with E-state index < -0.39 is 5.54 Å². The van der Waals surface area contributed by atoms with Crippen LogP contribution in [0.2, 0.25) is 0 Å². The van der Waals surface area contributed by atoms with E-state index in [-0.39, 0.29) is 37.1 Å². The van der Waals surface area contributed by atoms with Crippen molar-refractivity contribution < 1.29 is 9.53 Å². The number of nitrogens with two attached hydrogens (primary N) is 1. The van der Waals surface area contributed by atoms with Crippen molar-refractivity contribution >= 4 is 42.1 Å². The summed E-state index contributed by atoms with van der Waals surface area (Å²) in [6.07, 6.45) is 0.261. The van der Waals surface area contributed by atoms with Gasteiger partial charge in [0, 0.05) is 17.5 Å². The molecule has 0 bridgehead atoms. The lowest BCUT2D eigenvalue weighted by Gasteiger charge is -2.18. The standard InChI is InChI=1S/C17H23N3O2S.2ClH/c1-12-4-6-14(7-5-12)22-9-16-20-13(10-23-16)8-15(21)19-11-17(2,3)18;;/h4-7,10H,8-9,11,18H2,1-3H3,(H,19,21);2*1H. The molecule has 0 saturated carbocycles. The zero-order valence-corrected chi connectivity index (χ0v) is 17.0. The number of aromatic nitrogens is 1. The second kappa shape index (κ2) is 10.6. The Morgan fingerprint density at radius 3 is 2.52 bits per heavy atom. The first-order valence-corrected chi connectivity index (χ1v) is 8.38. The smallest absolute Gasteiger partial charge is 0.226 e. The highest BCUT2D eigenvalue weighted by Crippen LogP contribution is 2.16. The van der Waals surface area contributed by atoms with Gasteiger partial charge in [-0.25, -0.2) is 4.98 Å². The Kier molecular flexibility index (Phi) is 10.0. The number of hydrogen-bond donors (Lipinski definition) is 2. The van der Waals surface area contributed by atoms with Crippen LogP contribution in [0, 0.1) is 6.92 Å². The van der Waals surface area contributed by atoms with Crippen molar-refractivity contribution in [1.82, 2.24) is 10.3 Å². The van der Waals surface area contributed by atoms with Crippen LogP contribution < -0.4 is 15.8 Å². The van der Waals surface area contributed by atoms with Crippen molar-refractivity contribution in [3.8, 4) is 5.75 Å². The molecule has 0 aliphatic rings. The fraction of sp³-hybridized carbons (Fsp3) is 0.412. The maximum atomic E-state index is 11.8. The molecule has 1 heterocycles. The summed E-state index contributed by atoms with van der Waals surface area (Å²) in [6, 6.07) is 7.88. The van der Waals surface area contributed by atoms with Crippen molar-refractivity contribution in [2.45, 2.75) is 39.3 Å². The maximum absolute atomic E-state index is 11.8. The second-order valence-electron chi connectivity index (χ2n) is 6.28. The zero-order chi connectivity index (χ0) is 16.9. The Morgan fingerprint density at radius 1 is 1.28 bits per heavy atom. The molecule has 1 amide bonds. The molecule has 0 spiro atoms. The van der Waals surface area contributed by atoms with E-state index in [0.717, 1.165) is 16.5 Å². The van der Waals surface area contributed by atoms with Gasteiger partial charge in [-0.05, 0) is 32.9 Å². The highest BCUT2D eigenvalue weighted by molar-refractivity contribution is 7.09. The Bertz CT molecular complexity index is 655. The summed E-state index contributed by atoms with van der Waals surface area (Å²) >= 11 is 1.50. The predicted octanol–water partition coefficient (Wildman–Crippen LogP) is 3.27. The van der Waals surface area contributed by atoms with Crippen molar-refractivity contribution in [3.05, 3.63) is 45.9 Å². The molecule has 0 radical (unpaired) electrons. The lowest BCUT2D eigenvalue weighted by atomic mass is 10.1. The minimum absolute atomic E-state index is 0.